The molecule has 0 aliphatic rings. The van der Waals surface area contributed by atoms with Gasteiger partial charge in [0.05, 0.1) is 6.61 Å². The van der Waals surface area contributed by atoms with Crippen LogP contribution in [0.15, 0.2) is 25.3 Å². The van der Waals surface area contributed by atoms with Crippen molar-refractivity contribution >= 4 is 18.0 Å². The summed E-state index contributed by atoms with van der Waals surface area (Å²) in [6.07, 6.45) is 6.79. The molecule has 0 bridgehead atoms. The summed E-state index contributed by atoms with van der Waals surface area (Å²) in [4.78, 5) is 34.5. The third kappa shape index (κ3) is 13.5. The van der Waals surface area contributed by atoms with Gasteiger partial charge in [-0.3, -0.25) is 0 Å². The van der Waals surface area contributed by atoms with E-state index in [1.54, 1.807) is 6.92 Å². The van der Waals surface area contributed by atoms with Crippen LogP contribution >= 0.6 is 0 Å². The highest BCUT2D eigenvalue weighted by molar-refractivity contribution is 5.81. The molecule has 0 aromatic heterocycles. The maximum absolute atomic E-state index is 12.0. The van der Waals surface area contributed by atoms with E-state index in [0.29, 0.717) is 0 Å². The van der Waals surface area contributed by atoms with Gasteiger partial charge in [0.2, 0.25) is 0 Å². The third-order valence-electron chi connectivity index (χ3n) is 3.59. The average molecular weight is 385 g/mol. The van der Waals surface area contributed by atoms with E-state index in [0.717, 1.165) is 50.7 Å². The SMILES string of the molecule is C=CC(=O)OCC(C)(COC(=O)C=C)NC(=O)OCCCCCCCCO. The van der Waals surface area contributed by atoms with Crippen LogP contribution in [0, 0.1) is 0 Å². The highest BCUT2D eigenvalue weighted by Crippen LogP contribution is 2.09. The smallest absolute Gasteiger partial charge is 0.407 e. The van der Waals surface area contributed by atoms with Crippen LogP contribution < -0.4 is 5.32 Å². The normalized spacial score (nSPS) is 10.6. The highest BCUT2D eigenvalue weighted by atomic mass is 16.6. The molecule has 0 saturated heterocycles. The number of aliphatic hydroxyl groups is 1. The van der Waals surface area contributed by atoms with Gasteiger partial charge in [0, 0.05) is 18.8 Å². The number of nitrogens with one attached hydrogen (secondary N) is 1. The van der Waals surface area contributed by atoms with E-state index >= 15 is 0 Å². The molecule has 2 N–H and O–H groups in total. The van der Waals surface area contributed by atoms with Crippen LogP contribution in [0.3, 0.4) is 0 Å². The molecule has 0 aromatic rings. The first-order chi connectivity index (χ1) is 12.9. The Hall–Kier alpha value is -2.35. The van der Waals surface area contributed by atoms with Gasteiger partial charge in [0.15, 0.2) is 0 Å². The lowest BCUT2D eigenvalue weighted by Crippen LogP contribution is -2.53. The molecule has 0 unspecified atom stereocenters. The van der Waals surface area contributed by atoms with Crippen molar-refractivity contribution < 1.29 is 33.7 Å². The maximum atomic E-state index is 12.0. The van der Waals surface area contributed by atoms with Crippen LogP contribution in [0.5, 0.6) is 0 Å². The summed E-state index contributed by atoms with van der Waals surface area (Å²) in [5, 5.41) is 11.3. The summed E-state index contributed by atoms with van der Waals surface area (Å²) < 4.78 is 15.0. The summed E-state index contributed by atoms with van der Waals surface area (Å²) in [6.45, 7) is 8.17. The Morgan fingerprint density at radius 3 is 1.85 bits per heavy atom. The van der Waals surface area contributed by atoms with E-state index < -0.39 is 23.6 Å². The molecule has 0 heterocycles. The van der Waals surface area contributed by atoms with Gasteiger partial charge >= 0.3 is 18.0 Å². The number of carbonyl (C=O) groups is 3. The first-order valence-corrected chi connectivity index (χ1v) is 9.01. The molecule has 1 amide bonds. The average Bonchev–Trinajstić information content (AvgIpc) is 2.66. The number of carbonyl (C=O) groups excluding carboxylic acids is 3. The molecule has 0 aliphatic carbocycles. The lowest BCUT2D eigenvalue weighted by molar-refractivity contribution is -0.144. The van der Waals surface area contributed by atoms with Crippen LogP contribution in [0.4, 0.5) is 4.79 Å². The molecule has 0 fully saturated rings. The largest absolute Gasteiger partial charge is 0.460 e. The number of rotatable bonds is 15. The molecular weight excluding hydrogens is 354 g/mol. The molecule has 0 rings (SSSR count). The third-order valence-corrected chi connectivity index (χ3v) is 3.59. The van der Waals surface area contributed by atoms with Crippen LogP contribution in [-0.2, 0) is 23.8 Å². The maximum Gasteiger partial charge on any atom is 0.407 e. The second-order valence-electron chi connectivity index (χ2n) is 6.29. The molecule has 0 radical (unpaired) electrons. The zero-order valence-electron chi connectivity index (χ0n) is 16.0. The molecule has 0 aromatic carbocycles. The van der Waals surface area contributed by atoms with Gasteiger partial charge in [0.1, 0.15) is 18.8 Å². The number of alkyl carbamates (subject to hydrolysis) is 1. The number of esters is 2. The van der Waals surface area contributed by atoms with Crippen molar-refractivity contribution in [2.24, 2.45) is 0 Å². The summed E-state index contributed by atoms with van der Waals surface area (Å²) in [7, 11) is 0. The Labute approximate surface area is 160 Å². The quantitative estimate of drug-likeness (QED) is 0.192. The van der Waals surface area contributed by atoms with Crippen molar-refractivity contribution in [1.82, 2.24) is 5.32 Å². The standard InChI is InChI=1S/C19H31NO7/c1-4-16(22)26-14-19(3,15-27-17(23)5-2)20-18(24)25-13-11-9-7-6-8-10-12-21/h4-5,21H,1-2,6-15H2,3H3,(H,20,24). The Morgan fingerprint density at radius 2 is 1.37 bits per heavy atom. The molecule has 154 valence electrons. The fourth-order valence-electron chi connectivity index (χ4n) is 2.06. The second-order valence-corrected chi connectivity index (χ2v) is 6.29. The predicted molar refractivity (Wildman–Crippen MR) is 100.0 cm³/mol. The van der Waals surface area contributed by atoms with E-state index in [1.165, 1.54) is 0 Å². The van der Waals surface area contributed by atoms with Crippen molar-refractivity contribution in [2.45, 2.75) is 51.0 Å². The molecule has 0 spiro atoms. The first kappa shape index (κ1) is 24.7. The number of unbranched alkanes of at least 4 members (excludes halogenated alkanes) is 5. The summed E-state index contributed by atoms with van der Waals surface area (Å²) in [6, 6.07) is 0. The molecule has 0 aliphatic heterocycles. The predicted octanol–water partition coefficient (Wildman–Crippen LogP) is 2.26. The van der Waals surface area contributed by atoms with Gasteiger partial charge in [-0.25, -0.2) is 14.4 Å². The number of hydrogen-bond donors (Lipinski definition) is 2. The van der Waals surface area contributed by atoms with E-state index in [-0.39, 0.29) is 26.4 Å². The van der Waals surface area contributed by atoms with E-state index in [4.69, 9.17) is 19.3 Å². The molecule has 27 heavy (non-hydrogen) atoms. The van der Waals surface area contributed by atoms with Crippen molar-refractivity contribution in [2.75, 3.05) is 26.4 Å². The topological polar surface area (TPSA) is 111 Å². The minimum absolute atomic E-state index is 0.215. The van der Waals surface area contributed by atoms with E-state index in [1.807, 2.05) is 0 Å². The van der Waals surface area contributed by atoms with Gasteiger partial charge in [0.25, 0.3) is 0 Å². The molecule has 0 atom stereocenters. The number of aliphatic hydroxyl groups excluding tert-OH is 1. The van der Waals surface area contributed by atoms with Gasteiger partial charge < -0.3 is 24.6 Å². The zero-order valence-corrected chi connectivity index (χ0v) is 16.0. The lowest BCUT2D eigenvalue weighted by Gasteiger charge is -2.29. The summed E-state index contributed by atoms with van der Waals surface area (Å²) in [5.74, 6) is -1.32. The summed E-state index contributed by atoms with van der Waals surface area (Å²) in [5.41, 5.74) is -1.15. The Balaban J connectivity index is 4.30. The van der Waals surface area contributed by atoms with Crippen LogP contribution in [0.25, 0.3) is 0 Å². The minimum Gasteiger partial charge on any atom is -0.460 e. The molecule has 8 heteroatoms. The van der Waals surface area contributed by atoms with Gasteiger partial charge in [-0.2, -0.15) is 0 Å². The molecule has 0 saturated carbocycles. The fraction of sp³-hybridized carbons (Fsp3) is 0.632. The fourth-order valence-corrected chi connectivity index (χ4v) is 2.06. The van der Waals surface area contributed by atoms with Crippen molar-refractivity contribution in [3.8, 4) is 0 Å². The van der Waals surface area contributed by atoms with Gasteiger partial charge in [-0.05, 0) is 19.8 Å². The van der Waals surface area contributed by atoms with Gasteiger partial charge in [-0.15, -0.1) is 0 Å². The first-order valence-electron chi connectivity index (χ1n) is 9.01. The minimum atomic E-state index is -1.15. The lowest BCUT2D eigenvalue weighted by atomic mass is 10.1. The van der Waals surface area contributed by atoms with Crippen LogP contribution in [-0.4, -0.2) is 55.1 Å². The Morgan fingerprint density at radius 1 is 0.889 bits per heavy atom. The number of amides is 1. The number of hydrogen-bond acceptors (Lipinski definition) is 7. The summed E-state index contributed by atoms with van der Waals surface area (Å²) >= 11 is 0. The Bertz CT molecular complexity index is 466. The van der Waals surface area contributed by atoms with E-state index in [9.17, 15) is 14.4 Å². The monoisotopic (exact) mass is 385 g/mol. The number of ether oxygens (including phenoxy) is 3. The van der Waals surface area contributed by atoms with Crippen LogP contribution in [0.2, 0.25) is 0 Å². The van der Waals surface area contributed by atoms with Crippen molar-refractivity contribution in [3.05, 3.63) is 25.3 Å². The Kier molecular flexibility index (Phi) is 13.5. The van der Waals surface area contributed by atoms with Crippen LogP contribution in [0.1, 0.15) is 45.4 Å². The van der Waals surface area contributed by atoms with Crippen molar-refractivity contribution in [3.63, 3.8) is 0 Å². The molecule has 8 nitrogen and oxygen atoms in total. The van der Waals surface area contributed by atoms with E-state index in [2.05, 4.69) is 18.5 Å². The zero-order chi connectivity index (χ0) is 20.5. The second kappa shape index (κ2) is 14.8. The van der Waals surface area contributed by atoms with Gasteiger partial charge in [-0.1, -0.05) is 38.8 Å². The molecular formula is C19H31NO7. The van der Waals surface area contributed by atoms with Crippen molar-refractivity contribution in [1.29, 1.82) is 0 Å². The highest BCUT2D eigenvalue weighted by Gasteiger charge is 2.30.